The van der Waals surface area contributed by atoms with Crippen molar-refractivity contribution in [2.75, 3.05) is 5.32 Å². The molecular formula is C17H16N2OS. The molecule has 0 spiro atoms. The summed E-state index contributed by atoms with van der Waals surface area (Å²) in [5.74, 6) is 0.00597. The van der Waals surface area contributed by atoms with Crippen LogP contribution in [-0.2, 0) is 10.2 Å². The fourth-order valence-corrected chi connectivity index (χ4v) is 3.61. The van der Waals surface area contributed by atoms with Crippen molar-refractivity contribution in [3.63, 3.8) is 0 Å². The molecule has 1 N–H and O–H groups in total. The summed E-state index contributed by atoms with van der Waals surface area (Å²) in [5.41, 5.74) is 2.21. The van der Waals surface area contributed by atoms with E-state index in [1.54, 1.807) is 0 Å². The van der Waals surface area contributed by atoms with E-state index in [1.165, 1.54) is 11.3 Å². The van der Waals surface area contributed by atoms with Gasteiger partial charge in [-0.05, 0) is 37.8 Å². The number of amides is 1. The second kappa shape index (κ2) is 5.01. The largest absolute Gasteiger partial charge is 0.316 e. The average Bonchev–Trinajstić information content (AvgIpc) is 3.25. The fraction of sp³-hybridized carbons (Fsp3) is 0.294. The molecule has 0 bridgehead atoms. The maximum Gasteiger partial charge on any atom is 0.235 e. The summed E-state index contributed by atoms with van der Waals surface area (Å²) in [7, 11) is 0. The van der Waals surface area contributed by atoms with E-state index in [0.29, 0.717) is 10.6 Å². The van der Waals surface area contributed by atoms with Crippen LogP contribution >= 0.6 is 11.3 Å². The molecule has 106 valence electrons. The SMILES string of the molecule is Cc1sc(NC(=O)C2(c3ccccc3)CC2)c(C#N)c1C. The van der Waals surface area contributed by atoms with Gasteiger partial charge in [-0.15, -0.1) is 11.3 Å². The summed E-state index contributed by atoms with van der Waals surface area (Å²) in [5, 5.41) is 12.9. The fourth-order valence-electron chi connectivity index (χ4n) is 2.60. The van der Waals surface area contributed by atoms with E-state index < -0.39 is 5.41 Å². The Morgan fingerprint density at radius 1 is 1.29 bits per heavy atom. The van der Waals surface area contributed by atoms with Gasteiger partial charge >= 0.3 is 0 Å². The minimum absolute atomic E-state index is 0.00597. The van der Waals surface area contributed by atoms with Crippen LogP contribution in [0.4, 0.5) is 5.00 Å². The molecule has 4 heteroatoms. The van der Waals surface area contributed by atoms with E-state index in [1.807, 2.05) is 44.2 Å². The molecular weight excluding hydrogens is 280 g/mol. The minimum Gasteiger partial charge on any atom is -0.316 e. The van der Waals surface area contributed by atoms with Gasteiger partial charge in [-0.1, -0.05) is 30.3 Å². The molecule has 1 aromatic heterocycles. The number of rotatable bonds is 3. The molecule has 21 heavy (non-hydrogen) atoms. The van der Waals surface area contributed by atoms with E-state index in [2.05, 4.69) is 11.4 Å². The van der Waals surface area contributed by atoms with Crippen molar-refractivity contribution < 1.29 is 4.79 Å². The van der Waals surface area contributed by atoms with Gasteiger partial charge in [0.25, 0.3) is 0 Å². The Hall–Kier alpha value is -2.12. The Labute approximate surface area is 128 Å². The average molecular weight is 296 g/mol. The van der Waals surface area contributed by atoms with Crippen LogP contribution < -0.4 is 5.32 Å². The summed E-state index contributed by atoms with van der Waals surface area (Å²) >= 11 is 1.48. The van der Waals surface area contributed by atoms with Crippen molar-refractivity contribution in [2.24, 2.45) is 0 Å². The maximum atomic E-state index is 12.7. The number of nitriles is 1. The zero-order valence-electron chi connectivity index (χ0n) is 12.1. The van der Waals surface area contributed by atoms with Gasteiger partial charge in [-0.2, -0.15) is 5.26 Å². The van der Waals surface area contributed by atoms with E-state index >= 15 is 0 Å². The van der Waals surface area contributed by atoms with E-state index in [-0.39, 0.29) is 5.91 Å². The van der Waals surface area contributed by atoms with Crippen molar-refractivity contribution in [2.45, 2.75) is 32.1 Å². The molecule has 2 aromatic rings. The number of carbonyl (C=O) groups is 1. The number of benzene rings is 1. The Kier molecular flexibility index (Phi) is 3.30. The first-order valence-corrected chi connectivity index (χ1v) is 7.77. The first kappa shape index (κ1) is 13.8. The number of anilines is 1. The van der Waals surface area contributed by atoms with Gasteiger partial charge in [0.2, 0.25) is 5.91 Å². The lowest BCUT2D eigenvalue weighted by atomic mass is 9.95. The van der Waals surface area contributed by atoms with Gasteiger partial charge in [0.1, 0.15) is 11.1 Å². The molecule has 0 unspecified atom stereocenters. The lowest BCUT2D eigenvalue weighted by Crippen LogP contribution is -2.27. The van der Waals surface area contributed by atoms with Crippen molar-refractivity contribution in [1.82, 2.24) is 0 Å². The second-order valence-electron chi connectivity index (χ2n) is 5.50. The van der Waals surface area contributed by atoms with Gasteiger partial charge in [0, 0.05) is 4.88 Å². The lowest BCUT2D eigenvalue weighted by Gasteiger charge is -2.15. The molecule has 0 radical (unpaired) electrons. The number of carbonyl (C=O) groups excluding carboxylic acids is 1. The van der Waals surface area contributed by atoms with Crippen LogP contribution in [0.25, 0.3) is 0 Å². The number of nitrogens with zero attached hydrogens (tertiary/aromatic N) is 1. The Bertz CT molecular complexity index is 736. The van der Waals surface area contributed by atoms with Crippen LogP contribution in [0.15, 0.2) is 30.3 Å². The summed E-state index contributed by atoms with van der Waals surface area (Å²) in [6, 6.07) is 12.1. The van der Waals surface area contributed by atoms with Gasteiger partial charge in [-0.25, -0.2) is 0 Å². The van der Waals surface area contributed by atoms with Crippen molar-refractivity contribution in [3.8, 4) is 6.07 Å². The van der Waals surface area contributed by atoms with Crippen LogP contribution in [0.5, 0.6) is 0 Å². The molecule has 1 aliphatic carbocycles. The highest BCUT2D eigenvalue weighted by Gasteiger charge is 2.51. The maximum absolute atomic E-state index is 12.7. The Balaban J connectivity index is 1.89. The molecule has 1 amide bonds. The van der Waals surface area contributed by atoms with Crippen LogP contribution in [-0.4, -0.2) is 5.91 Å². The molecule has 0 aliphatic heterocycles. The molecule has 1 aliphatic rings. The first-order chi connectivity index (χ1) is 10.1. The standard InChI is InChI=1S/C17H16N2OS/c1-11-12(2)21-15(14(11)10-18)19-16(20)17(8-9-17)13-6-4-3-5-7-13/h3-7H,8-9H2,1-2H3,(H,19,20). The van der Waals surface area contributed by atoms with Gasteiger partial charge < -0.3 is 5.32 Å². The summed E-state index contributed by atoms with van der Waals surface area (Å²) in [4.78, 5) is 13.7. The van der Waals surface area contributed by atoms with Crippen molar-refractivity contribution in [1.29, 1.82) is 5.26 Å². The number of thiophene rings is 1. The van der Waals surface area contributed by atoms with Crippen molar-refractivity contribution in [3.05, 3.63) is 51.9 Å². The highest BCUT2D eigenvalue weighted by Crippen LogP contribution is 2.49. The highest BCUT2D eigenvalue weighted by atomic mass is 32.1. The number of hydrogen-bond donors (Lipinski definition) is 1. The molecule has 1 heterocycles. The topological polar surface area (TPSA) is 52.9 Å². The van der Waals surface area contributed by atoms with Gasteiger partial charge in [0.15, 0.2) is 0 Å². The third-order valence-corrected chi connectivity index (χ3v) is 5.36. The predicted molar refractivity (Wildman–Crippen MR) is 84.5 cm³/mol. The van der Waals surface area contributed by atoms with E-state index in [4.69, 9.17) is 0 Å². The molecule has 3 rings (SSSR count). The third kappa shape index (κ3) is 2.24. The van der Waals surface area contributed by atoms with Crippen LogP contribution in [0, 0.1) is 25.2 Å². The highest BCUT2D eigenvalue weighted by molar-refractivity contribution is 7.16. The zero-order chi connectivity index (χ0) is 15.0. The predicted octanol–water partition coefficient (Wildman–Crippen LogP) is 3.91. The first-order valence-electron chi connectivity index (χ1n) is 6.95. The summed E-state index contributed by atoms with van der Waals surface area (Å²) in [6.45, 7) is 3.89. The normalized spacial score (nSPS) is 15.3. The number of nitrogens with one attached hydrogen (secondary N) is 1. The zero-order valence-corrected chi connectivity index (χ0v) is 12.9. The molecule has 1 saturated carbocycles. The monoisotopic (exact) mass is 296 g/mol. The van der Waals surface area contributed by atoms with Gasteiger partial charge in [-0.3, -0.25) is 4.79 Å². The Morgan fingerprint density at radius 3 is 2.52 bits per heavy atom. The van der Waals surface area contributed by atoms with Gasteiger partial charge in [0.05, 0.1) is 11.0 Å². The molecule has 0 atom stereocenters. The van der Waals surface area contributed by atoms with Crippen molar-refractivity contribution >= 4 is 22.2 Å². The molecule has 3 nitrogen and oxygen atoms in total. The molecule has 1 fully saturated rings. The smallest absolute Gasteiger partial charge is 0.235 e. The number of aryl methyl sites for hydroxylation is 1. The Morgan fingerprint density at radius 2 is 1.95 bits per heavy atom. The van der Waals surface area contributed by atoms with E-state index in [9.17, 15) is 10.1 Å². The quantitative estimate of drug-likeness (QED) is 0.933. The number of hydrogen-bond acceptors (Lipinski definition) is 3. The molecule has 0 saturated heterocycles. The summed E-state index contributed by atoms with van der Waals surface area (Å²) < 4.78 is 0. The second-order valence-corrected chi connectivity index (χ2v) is 6.73. The van der Waals surface area contributed by atoms with E-state index in [0.717, 1.165) is 28.8 Å². The third-order valence-electron chi connectivity index (χ3n) is 4.24. The summed E-state index contributed by atoms with van der Waals surface area (Å²) in [6.07, 6.45) is 1.74. The minimum atomic E-state index is -0.403. The van der Waals surface area contributed by atoms with Crippen LogP contribution in [0.1, 0.15) is 34.4 Å². The lowest BCUT2D eigenvalue weighted by molar-refractivity contribution is -0.118. The van der Waals surface area contributed by atoms with Crippen LogP contribution in [0.2, 0.25) is 0 Å². The van der Waals surface area contributed by atoms with Crippen LogP contribution in [0.3, 0.4) is 0 Å². The molecule has 1 aromatic carbocycles.